The number of aliphatic hydroxyl groups excluding tert-OH is 1. The lowest BCUT2D eigenvalue weighted by atomic mass is 10.00. The molecule has 0 radical (unpaired) electrons. The summed E-state index contributed by atoms with van der Waals surface area (Å²) in [6, 6.07) is 0. The molecule has 0 aliphatic rings. The van der Waals surface area contributed by atoms with Gasteiger partial charge in [0.05, 0.1) is 0 Å². The van der Waals surface area contributed by atoms with E-state index in [-0.39, 0.29) is 0 Å². The molecule has 1 nitrogen and oxygen atoms in total. The van der Waals surface area contributed by atoms with Gasteiger partial charge in [-0.05, 0) is 38.5 Å². The molecule has 0 spiro atoms. The Kier molecular flexibility index (Phi) is 12.5. The molecular weight excluding hydrogens is 196 g/mol. The fourth-order valence-corrected chi connectivity index (χ4v) is 1.90. The van der Waals surface area contributed by atoms with Crippen LogP contribution in [0.3, 0.4) is 0 Å². The Hall–Kier alpha value is -0.300. The van der Waals surface area contributed by atoms with Gasteiger partial charge >= 0.3 is 0 Å². The van der Waals surface area contributed by atoms with Gasteiger partial charge in [-0.2, -0.15) is 0 Å². The number of hydrogen-bond donors (Lipinski definition) is 1. The number of rotatable bonds is 11. The summed E-state index contributed by atoms with van der Waals surface area (Å²) in [4.78, 5) is 0. The highest BCUT2D eigenvalue weighted by Gasteiger charge is 1.97. The fourth-order valence-electron chi connectivity index (χ4n) is 1.90. The highest BCUT2D eigenvalue weighted by Crippen LogP contribution is 2.17. The van der Waals surface area contributed by atoms with E-state index < -0.39 is 0 Å². The molecule has 0 unspecified atom stereocenters. The summed E-state index contributed by atoms with van der Waals surface area (Å²) < 4.78 is 0. The number of unbranched alkanes of at least 4 members (excludes halogenated alkanes) is 5. The highest BCUT2D eigenvalue weighted by atomic mass is 16.2. The first-order valence-corrected chi connectivity index (χ1v) is 7.13. The maximum Gasteiger partial charge on any atom is 0.0431 e. The van der Waals surface area contributed by atoms with Crippen molar-refractivity contribution in [3.63, 3.8) is 0 Å². The molecule has 0 bridgehead atoms. The summed E-state index contributed by atoms with van der Waals surface area (Å²) in [5.41, 5.74) is 1.67. The quantitative estimate of drug-likeness (QED) is 0.394. The zero-order chi connectivity index (χ0) is 12.1. The minimum absolute atomic E-state index is 0.356. The van der Waals surface area contributed by atoms with Crippen molar-refractivity contribution < 1.29 is 5.11 Å². The maximum absolute atomic E-state index is 8.70. The van der Waals surface area contributed by atoms with Crippen molar-refractivity contribution in [1.82, 2.24) is 0 Å². The van der Waals surface area contributed by atoms with E-state index in [1.807, 2.05) is 0 Å². The van der Waals surface area contributed by atoms with Crippen LogP contribution in [0.2, 0.25) is 0 Å². The Labute approximate surface area is 102 Å². The molecule has 96 valence electrons. The smallest absolute Gasteiger partial charge is 0.0431 e. The minimum atomic E-state index is 0.356. The molecule has 0 saturated heterocycles. The average molecular weight is 226 g/mol. The van der Waals surface area contributed by atoms with Gasteiger partial charge in [-0.15, -0.1) is 0 Å². The molecule has 1 N–H and O–H groups in total. The Morgan fingerprint density at radius 2 is 1.56 bits per heavy atom. The zero-order valence-corrected chi connectivity index (χ0v) is 11.3. The third-order valence-electron chi connectivity index (χ3n) is 2.98. The van der Waals surface area contributed by atoms with Gasteiger partial charge in [-0.1, -0.05) is 51.2 Å². The van der Waals surface area contributed by atoms with Gasteiger partial charge < -0.3 is 5.11 Å². The molecule has 0 aliphatic carbocycles. The molecule has 1 heteroatoms. The van der Waals surface area contributed by atoms with Crippen LogP contribution >= 0.6 is 0 Å². The fraction of sp³-hybridized carbons (Fsp3) is 0.867. The van der Waals surface area contributed by atoms with Crippen molar-refractivity contribution in [1.29, 1.82) is 0 Å². The molecule has 0 aromatic rings. The van der Waals surface area contributed by atoms with Crippen LogP contribution in [0, 0.1) is 0 Å². The van der Waals surface area contributed by atoms with Gasteiger partial charge in [0.25, 0.3) is 0 Å². The van der Waals surface area contributed by atoms with Gasteiger partial charge in [0.15, 0.2) is 0 Å². The van der Waals surface area contributed by atoms with Gasteiger partial charge in [0, 0.05) is 6.61 Å². The Morgan fingerprint density at radius 3 is 2.19 bits per heavy atom. The van der Waals surface area contributed by atoms with Gasteiger partial charge in [-0.25, -0.2) is 0 Å². The van der Waals surface area contributed by atoms with E-state index in [4.69, 9.17) is 5.11 Å². The normalized spacial score (nSPS) is 12.1. The van der Waals surface area contributed by atoms with Crippen molar-refractivity contribution in [2.75, 3.05) is 6.61 Å². The van der Waals surface area contributed by atoms with E-state index in [0.29, 0.717) is 6.61 Å². The van der Waals surface area contributed by atoms with Gasteiger partial charge in [0.2, 0.25) is 0 Å². The number of hydrogen-bond acceptors (Lipinski definition) is 1. The van der Waals surface area contributed by atoms with E-state index in [1.165, 1.54) is 57.8 Å². The summed E-state index contributed by atoms with van der Waals surface area (Å²) in [7, 11) is 0. The molecule has 0 aromatic carbocycles. The molecule has 16 heavy (non-hydrogen) atoms. The first kappa shape index (κ1) is 15.7. The van der Waals surface area contributed by atoms with Crippen molar-refractivity contribution >= 4 is 0 Å². The molecule has 0 amide bonds. The molecule has 0 aromatic heterocycles. The predicted molar refractivity (Wildman–Crippen MR) is 72.7 cm³/mol. The molecule has 0 atom stereocenters. The topological polar surface area (TPSA) is 20.2 Å². The van der Waals surface area contributed by atoms with E-state index >= 15 is 0 Å². The van der Waals surface area contributed by atoms with Crippen LogP contribution in [-0.2, 0) is 0 Å². The predicted octanol–water partition coefficient (Wildman–Crippen LogP) is 4.85. The molecule has 0 saturated carbocycles. The van der Waals surface area contributed by atoms with Crippen molar-refractivity contribution in [3.8, 4) is 0 Å². The molecule has 0 aliphatic heterocycles. The first-order valence-electron chi connectivity index (χ1n) is 7.13. The zero-order valence-electron chi connectivity index (χ0n) is 11.3. The minimum Gasteiger partial charge on any atom is -0.396 e. The first-order chi connectivity index (χ1) is 7.85. The second kappa shape index (κ2) is 12.8. The van der Waals surface area contributed by atoms with Crippen LogP contribution < -0.4 is 0 Å². The summed E-state index contributed by atoms with van der Waals surface area (Å²) in [6.07, 6.45) is 14.9. The van der Waals surface area contributed by atoms with Crippen LogP contribution in [0.25, 0.3) is 0 Å². The van der Waals surface area contributed by atoms with Crippen LogP contribution in [0.5, 0.6) is 0 Å². The van der Waals surface area contributed by atoms with Crippen LogP contribution in [0.4, 0.5) is 0 Å². The van der Waals surface area contributed by atoms with E-state index in [0.717, 1.165) is 6.42 Å². The standard InChI is InChI=1S/C15H30O/c1-3-5-11-15(12-6-4-2)13-9-7-8-10-14-16/h11,16H,3-10,12-14H2,1-2H3/b15-11+. The van der Waals surface area contributed by atoms with Crippen LogP contribution in [0.15, 0.2) is 11.6 Å². The van der Waals surface area contributed by atoms with Gasteiger partial charge in [-0.3, -0.25) is 0 Å². The van der Waals surface area contributed by atoms with E-state index in [9.17, 15) is 0 Å². The Bertz CT molecular complexity index is 161. The summed E-state index contributed by atoms with van der Waals surface area (Å²) in [5, 5.41) is 8.70. The molecular formula is C15H30O. The molecule has 0 rings (SSSR count). The van der Waals surface area contributed by atoms with Crippen molar-refractivity contribution in [2.24, 2.45) is 0 Å². The second-order valence-electron chi connectivity index (χ2n) is 4.64. The second-order valence-corrected chi connectivity index (χ2v) is 4.64. The maximum atomic E-state index is 8.70. The van der Waals surface area contributed by atoms with Crippen LogP contribution in [-0.4, -0.2) is 11.7 Å². The lowest BCUT2D eigenvalue weighted by Crippen LogP contribution is -1.88. The Morgan fingerprint density at radius 1 is 0.875 bits per heavy atom. The summed E-state index contributed by atoms with van der Waals surface area (Å²) in [5.74, 6) is 0. The van der Waals surface area contributed by atoms with Crippen molar-refractivity contribution in [3.05, 3.63) is 11.6 Å². The van der Waals surface area contributed by atoms with E-state index in [1.54, 1.807) is 5.57 Å². The number of aliphatic hydroxyl groups is 1. The van der Waals surface area contributed by atoms with Crippen molar-refractivity contribution in [2.45, 2.75) is 78.1 Å². The monoisotopic (exact) mass is 226 g/mol. The third kappa shape index (κ3) is 10.2. The molecule has 0 fully saturated rings. The highest BCUT2D eigenvalue weighted by molar-refractivity contribution is 5.01. The Balaban J connectivity index is 3.65. The molecule has 0 heterocycles. The SMILES string of the molecule is CCC/C=C(\CCCC)CCCCCCO. The lowest BCUT2D eigenvalue weighted by Gasteiger charge is -2.07. The summed E-state index contributed by atoms with van der Waals surface area (Å²) >= 11 is 0. The summed E-state index contributed by atoms with van der Waals surface area (Å²) in [6.45, 7) is 4.86. The lowest BCUT2D eigenvalue weighted by molar-refractivity contribution is 0.282. The number of allylic oxidation sites excluding steroid dienone is 2. The largest absolute Gasteiger partial charge is 0.396 e. The van der Waals surface area contributed by atoms with E-state index in [2.05, 4.69) is 19.9 Å². The van der Waals surface area contributed by atoms with Gasteiger partial charge in [0.1, 0.15) is 0 Å². The van der Waals surface area contributed by atoms with Crippen LogP contribution in [0.1, 0.15) is 78.1 Å². The third-order valence-corrected chi connectivity index (χ3v) is 2.98. The average Bonchev–Trinajstić information content (AvgIpc) is 2.31.